The van der Waals surface area contributed by atoms with Gasteiger partial charge < -0.3 is 18.7 Å². The first-order valence-corrected chi connectivity index (χ1v) is 8.98. The smallest absolute Gasteiger partial charge is 0.323 e. The summed E-state index contributed by atoms with van der Waals surface area (Å²) in [7, 11) is 0. The topological polar surface area (TPSA) is 74.8 Å². The Morgan fingerprint density at radius 3 is 2.96 bits per heavy atom. The van der Waals surface area contributed by atoms with Gasteiger partial charge in [-0.3, -0.25) is 5.32 Å². The van der Waals surface area contributed by atoms with Crippen LogP contribution in [0, 0.1) is 12.8 Å². The molecule has 4 heterocycles. The number of aromatic nitrogens is 1. The SMILES string of the molecule is Cc1occc1-c1cc(NC(=O)N2CC[C@@H](CN3CCCC3)C2)no1. The fourth-order valence-corrected chi connectivity index (χ4v) is 3.79. The van der Waals surface area contributed by atoms with E-state index in [2.05, 4.69) is 15.4 Å². The van der Waals surface area contributed by atoms with E-state index in [9.17, 15) is 4.79 Å². The maximum atomic E-state index is 12.5. The maximum absolute atomic E-state index is 12.5. The molecule has 7 nitrogen and oxygen atoms in total. The molecule has 25 heavy (non-hydrogen) atoms. The van der Waals surface area contributed by atoms with E-state index in [4.69, 9.17) is 8.94 Å². The van der Waals surface area contributed by atoms with Crippen LogP contribution in [0.4, 0.5) is 10.6 Å². The number of nitrogens with zero attached hydrogens (tertiary/aromatic N) is 3. The number of hydrogen-bond donors (Lipinski definition) is 1. The first-order valence-electron chi connectivity index (χ1n) is 8.98. The molecular weight excluding hydrogens is 320 g/mol. The number of nitrogens with one attached hydrogen (secondary N) is 1. The van der Waals surface area contributed by atoms with E-state index in [0.717, 1.165) is 37.4 Å². The van der Waals surface area contributed by atoms with Crippen molar-refractivity contribution in [3.05, 3.63) is 24.2 Å². The molecule has 1 N–H and O–H groups in total. The number of anilines is 1. The Balaban J connectivity index is 1.32. The molecule has 2 aliphatic rings. The van der Waals surface area contributed by atoms with Crippen LogP contribution in [0.5, 0.6) is 0 Å². The van der Waals surface area contributed by atoms with Gasteiger partial charge in [-0.25, -0.2) is 4.79 Å². The largest absolute Gasteiger partial charge is 0.469 e. The predicted octanol–water partition coefficient (Wildman–Crippen LogP) is 3.19. The van der Waals surface area contributed by atoms with Crippen molar-refractivity contribution in [2.75, 3.05) is 38.0 Å². The summed E-state index contributed by atoms with van der Waals surface area (Å²) in [6.45, 7) is 7.00. The highest BCUT2D eigenvalue weighted by Crippen LogP contribution is 2.27. The Labute approximate surface area is 146 Å². The van der Waals surface area contributed by atoms with E-state index in [1.54, 1.807) is 12.3 Å². The number of aryl methyl sites for hydroxylation is 1. The Kier molecular flexibility index (Phi) is 4.48. The molecule has 0 spiro atoms. The second-order valence-electron chi connectivity index (χ2n) is 7.01. The maximum Gasteiger partial charge on any atom is 0.323 e. The third kappa shape index (κ3) is 3.56. The van der Waals surface area contributed by atoms with Gasteiger partial charge in [-0.2, -0.15) is 0 Å². The Bertz CT molecular complexity index is 732. The number of rotatable bonds is 4. The molecule has 0 radical (unpaired) electrons. The van der Waals surface area contributed by atoms with E-state index in [-0.39, 0.29) is 6.03 Å². The van der Waals surface area contributed by atoms with Crippen molar-refractivity contribution < 1.29 is 13.7 Å². The van der Waals surface area contributed by atoms with Crippen LogP contribution >= 0.6 is 0 Å². The van der Waals surface area contributed by atoms with E-state index >= 15 is 0 Å². The van der Waals surface area contributed by atoms with Crippen molar-refractivity contribution in [2.24, 2.45) is 5.92 Å². The molecule has 134 valence electrons. The van der Waals surface area contributed by atoms with E-state index in [1.807, 2.05) is 17.9 Å². The summed E-state index contributed by atoms with van der Waals surface area (Å²) >= 11 is 0. The van der Waals surface area contributed by atoms with Crippen molar-refractivity contribution in [2.45, 2.75) is 26.2 Å². The minimum absolute atomic E-state index is 0.104. The van der Waals surface area contributed by atoms with Crippen LogP contribution in [0.2, 0.25) is 0 Å². The number of urea groups is 1. The number of carbonyl (C=O) groups excluding carboxylic acids is 1. The van der Waals surface area contributed by atoms with Crippen molar-refractivity contribution >= 4 is 11.8 Å². The van der Waals surface area contributed by atoms with Crippen LogP contribution in [0.1, 0.15) is 25.0 Å². The summed E-state index contributed by atoms with van der Waals surface area (Å²) in [6, 6.07) is 3.45. The van der Waals surface area contributed by atoms with Crippen LogP contribution in [-0.2, 0) is 0 Å². The lowest BCUT2D eigenvalue weighted by Crippen LogP contribution is -2.34. The molecule has 0 bridgehead atoms. The molecule has 2 aromatic heterocycles. The quantitative estimate of drug-likeness (QED) is 0.922. The minimum atomic E-state index is -0.104. The highest BCUT2D eigenvalue weighted by Gasteiger charge is 2.28. The summed E-state index contributed by atoms with van der Waals surface area (Å²) in [4.78, 5) is 16.9. The number of furan rings is 1. The van der Waals surface area contributed by atoms with E-state index in [0.29, 0.717) is 17.5 Å². The van der Waals surface area contributed by atoms with Gasteiger partial charge in [0.25, 0.3) is 0 Å². The van der Waals surface area contributed by atoms with Gasteiger partial charge in [0, 0.05) is 25.7 Å². The van der Waals surface area contributed by atoms with Crippen molar-refractivity contribution in [1.29, 1.82) is 0 Å². The predicted molar refractivity (Wildman–Crippen MR) is 93.3 cm³/mol. The lowest BCUT2D eigenvalue weighted by molar-refractivity contribution is 0.217. The first-order chi connectivity index (χ1) is 12.2. The van der Waals surface area contributed by atoms with Crippen LogP contribution < -0.4 is 5.32 Å². The number of likely N-dealkylation sites (tertiary alicyclic amines) is 2. The normalized spacial score (nSPS) is 21.2. The fourth-order valence-electron chi connectivity index (χ4n) is 3.79. The second-order valence-corrected chi connectivity index (χ2v) is 7.01. The van der Waals surface area contributed by atoms with Gasteiger partial charge in [0.15, 0.2) is 11.6 Å². The molecule has 0 unspecified atom stereocenters. The van der Waals surface area contributed by atoms with Gasteiger partial charge in [-0.05, 0) is 51.3 Å². The van der Waals surface area contributed by atoms with Gasteiger partial charge in [0.05, 0.1) is 11.8 Å². The fraction of sp³-hybridized carbons (Fsp3) is 0.556. The minimum Gasteiger partial charge on any atom is -0.469 e. The van der Waals surface area contributed by atoms with Crippen LogP contribution in [0.15, 0.2) is 27.3 Å². The molecular formula is C18H24N4O3. The van der Waals surface area contributed by atoms with Crippen molar-refractivity contribution in [3.8, 4) is 11.3 Å². The molecule has 2 saturated heterocycles. The molecule has 2 fully saturated rings. The molecule has 0 aromatic carbocycles. The molecule has 4 rings (SSSR count). The summed E-state index contributed by atoms with van der Waals surface area (Å²) in [5.41, 5.74) is 0.847. The monoisotopic (exact) mass is 344 g/mol. The number of hydrogen-bond acceptors (Lipinski definition) is 5. The standard InChI is InChI=1S/C18H24N4O3/c1-13-15(5-9-24-13)16-10-17(20-25-16)19-18(23)22-8-4-14(12-22)11-21-6-2-3-7-21/h5,9-10,14H,2-4,6-8,11-12H2,1H3,(H,19,20,23)/t14-/m0/s1. The average Bonchev–Trinajstić information content (AvgIpc) is 3.35. The Hall–Kier alpha value is -2.28. The van der Waals surface area contributed by atoms with Crippen LogP contribution in [-0.4, -0.2) is 53.7 Å². The van der Waals surface area contributed by atoms with Gasteiger partial charge >= 0.3 is 6.03 Å². The summed E-state index contributed by atoms with van der Waals surface area (Å²) in [5, 5.41) is 6.78. The third-order valence-electron chi connectivity index (χ3n) is 5.16. The lowest BCUT2D eigenvalue weighted by atomic mass is 10.1. The van der Waals surface area contributed by atoms with Gasteiger partial charge in [0.1, 0.15) is 5.76 Å². The Morgan fingerprint density at radius 1 is 1.36 bits per heavy atom. The molecule has 2 aromatic rings. The Morgan fingerprint density at radius 2 is 2.20 bits per heavy atom. The molecule has 7 heteroatoms. The van der Waals surface area contributed by atoms with Crippen LogP contribution in [0.3, 0.4) is 0 Å². The second kappa shape index (κ2) is 6.92. The zero-order chi connectivity index (χ0) is 17.2. The molecule has 2 aliphatic heterocycles. The summed E-state index contributed by atoms with van der Waals surface area (Å²) in [5.74, 6) is 2.36. The highest BCUT2D eigenvalue weighted by molar-refractivity contribution is 5.89. The summed E-state index contributed by atoms with van der Waals surface area (Å²) < 4.78 is 10.6. The van der Waals surface area contributed by atoms with Crippen molar-refractivity contribution in [3.63, 3.8) is 0 Å². The molecule has 0 saturated carbocycles. The average molecular weight is 344 g/mol. The summed E-state index contributed by atoms with van der Waals surface area (Å²) in [6.07, 6.45) is 5.29. The zero-order valence-electron chi connectivity index (χ0n) is 14.5. The molecule has 2 amide bonds. The van der Waals surface area contributed by atoms with Gasteiger partial charge in [0.2, 0.25) is 0 Å². The molecule has 0 aliphatic carbocycles. The third-order valence-corrected chi connectivity index (χ3v) is 5.16. The molecule has 1 atom stereocenters. The zero-order valence-corrected chi connectivity index (χ0v) is 14.5. The van der Waals surface area contributed by atoms with Crippen LogP contribution in [0.25, 0.3) is 11.3 Å². The number of carbonyl (C=O) groups is 1. The lowest BCUT2D eigenvalue weighted by Gasteiger charge is -2.20. The number of amides is 2. The highest BCUT2D eigenvalue weighted by atomic mass is 16.5. The van der Waals surface area contributed by atoms with Crippen molar-refractivity contribution in [1.82, 2.24) is 15.0 Å². The van der Waals surface area contributed by atoms with Gasteiger partial charge in [-0.1, -0.05) is 5.16 Å². The first kappa shape index (κ1) is 16.2. The van der Waals surface area contributed by atoms with E-state index in [1.165, 1.54) is 25.9 Å². The van der Waals surface area contributed by atoms with Gasteiger partial charge in [-0.15, -0.1) is 0 Å². The van der Waals surface area contributed by atoms with E-state index < -0.39 is 0 Å².